The summed E-state index contributed by atoms with van der Waals surface area (Å²) >= 11 is 2.40. The molecule has 0 saturated heterocycles. The van der Waals surface area contributed by atoms with E-state index in [0.29, 0.717) is 0 Å². The Kier molecular flexibility index (Phi) is 4.10. The summed E-state index contributed by atoms with van der Waals surface area (Å²) in [7, 11) is 0. The fourth-order valence-electron chi connectivity index (χ4n) is 2.04. The molecule has 0 fully saturated rings. The van der Waals surface area contributed by atoms with Gasteiger partial charge in [0.2, 0.25) is 0 Å². The Hall–Kier alpha value is -0.970. The maximum atomic E-state index is 3.91. The van der Waals surface area contributed by atoms with Crippen LogP contribution >= 0.6 is 22.6 Å². The van der Waals surface area contributed by atoms with E-state index in [2.05, 4.69) is 70.4 Å². The van der Waals surface area contributed by atoms with Crippen LogP contribution in [0.2, 0.25) is 0 Å². The van der Waals surface area contributed by atoms with Gasteiger partial charge >= 0.3 is 0 Å². The zero-order chi connectivity index (χ0) is 12.3. The molecule has 0 bridgehead atoms. The van der Waals surface area contributed by atoms with Crippen LogP contribution in [0.3, 0.4) is 0 Å². The average molecular weight is 340 g/mol. The molecule has 2 heterocycles. The van der Waals surface area contributed by atoms with E-state index in [9.17, 15) is 0 Å². The first-order valence-electron chi connectivity index (χ1n) is 5.77. The minimum absolute atomic E-state index is 0.879. The van der Waals surface area contributed by atoms with E-state index in [1.807, 2.05) is 6.08 Å². The first-order chi connectivity index (χ1) is 8.24. The van der Waals surface area contributed by atoms with Crippen molar-refractivity contribution < 1.29 is 0 Å². The Bertz CT molecular complexity index is 480. The van der Waals surface area contributed by atoms with E-state index in [1.165, 1.54) is 20.5 Å². The summed E-state index contributed by atoms with van der Waals surface area (Å²) in [4.78, 5) is 0. The zero-order valence-electron chi connectivity index (χ0n) is 10.0. The highest BCUT2D eigenvalue weighted by Gasteiger charge is 2.13. The molecule has 0 amide bonds. The van der Waals surface area contributed by atoms with Crippen LogP contribution in [0.25, 0.3) is 0 Å². The van der Waals surface area contributed by atoms with Crippen LogP contribution in [0, 0.1) is 0 Å². The van der Waals surface area contributed by atoms with Crippen molar-refractivity contribution in [1.29, 1.82) is 0 Å². The number of hydrogen-bond donors (Lipinski definition) is 1. The quantitative estimate of drug-likeness (QED) is 0.829. The van der Waals surface area contributed by atoms with Gasteiger partial charge in [0.15, 0.2) is 0 Å². The Labute approximate surface area is 116 Å². The molecular formula is C14H17IN2. The Balaban J connectivity index is 2.30. The predicted molar refractivity (Wildman–Crippen MR) is 80.9 cm³/mol. The van der Waals surface area contributed by atoms with Crippen LogP contribution in [0.4, 0.5) is 0 Å². The molecule has 1 aliphatic rings. The van der Waals surface area contributed by atoms with Gasteiger partial charge in [-0.05, 0) is 56.9 Å². The normalized spacial score (nSPS) is 16.2. The number of nitrogens with one attached hydrogen (secondary N) is 1. The zero-order valence-corrected chi connectivity index (χ0v) is 12.2. The Morgan fingerprint density at radius 3 is 3.18 bits per heavy atom. The monoisotopic (exact) mass is 340 g/mol. The van der Waals surface area contributed by atoms with Crippen molar-refractivity contribution in [3.63, 3.8) is 0 Å². The molecule has 0 unspecified atom stereocenters. The van der Waals surface area contributed by atoms with Crippen molar-refractivity contribution in [2.45, 2.75) is 26.4 Å². The van der Waals surface area contributed by atoms with Crippen molar-refractivity contribution in [1.82, 2.24) is 9.88 Å². The van der Waals surface area contributed by atoms with Crippen LogP contribution < -0.4 is 5.32 Å². The van der Waals surface area contributed by atoms with Gasteiger partial charge in [-0.3, -0.25) is 0 Å². The van der Waals surface area contributed by atoms with Gasteiger partial charge in [-0.2, -0.15) is 0 Å². The predicted octanol–water partition coefficient (Wildman–Crippen LogP) is 3.76. The third-order valence-corrected chi connectivity index (χ3v) is 4.03. The topological polar surface area (TPSA) is 17.0 Å². The summed E-state index contributed by atoms with van der Waals surface area (Å²) in [6.45, 7) is 7.82. The van der Waals surface area contributed by atoms with Crippen LogP contribution in [0.5, 0.6) is 0 Å². The standard InChI is InChI=1S/C14H17IN2/c1-3-12(15)8-11-10-17-7-5-6-13(17)9-16-14(11)4-2/h3-7,16H,2,8-10H2,1H3/b12-3+. The number of hydrogen-bond acceptors (Lipinski definition) is 1. The first-order valence-corrected chi connectivity index (χ1v) is 6.85. The molecule has 2 nitrogen and oxygen atoms in total. The van der Waals surface area contributed by atoms with E-state index < -0.39 is 0 Å². The maximum Gasteiger partial charge on any atom is 0.0553 e. The summed E-state index contributed by atoms with van der Waals surface area (Å²) in [5.74, 6) is 0. The van der Waals surface area contributed by atoms with Crippen molar-refractivity contribution >= 4 is 22.6 Å². The number of rotatable bonds is 3. The van der Waals surface area contributed by atoms with Gasteiger partial charge < -0.3 is 9.88 Å². The lowest BCUT2D eigenvalue weighted by molar-refractivity contribution is 0.730. The Morgan fingerprint density at radius 1 is 1.65 bits per heavy atom. The highest BCUT2D eigenvalue weighted by Crippen LogP contribution is 2.24. The molecular weight excluding hydrogens is 323 g/mol. The lowest BCUT2D eigenvalue weighted by Gasteiger charge is -2.11. The number of fused-ring (bicyclic) bond motifs is 1. The van der Waals surface area contributed by atoms with E-state index in [0.717, 1.165) is 19.5 Å². The van der Waals surface area contributed by atoms with Gasteiger partial charge in [-0.1, -0.05) is 12.7 Å². The maximum absolute atomic E-state index is 3.91. The molecule has 0 saturated carbocycles. The molecule has 1 aromatic heterocycles. The van der Waals surface area contributed by atoms with Gasteiger partial charge in [0, 0.05) is 30.6 Å². The molecule has 0 radical (unpaired) electrons. The van der Waals surface area contributed by atoms with Crippen LogP contribution in [-0.2, 0) is 13.1 Å². The fourth-order valence-corrected chi connectivity index (χ4v) is 2.50. The molecule has 17 heavy (non-hydrogen) atoms. The molecule has 2 rings (SSSR count). The summed E-state index contributed by atoms with van der Waals surface area (Å²) in [6.07, 6.45) is 7.24. The van der Waals surface area contributed by atoms with Crippen molar-refractivity contribution in [3.05, 3.63) is 57.6 Å². The van der Waals surface area contributed by atoms with Crippen LogP contribution in [0.15, 0.2) is 51.9 Å². The van der Waals surface area contributed by atoms with Gasteiger partial charge in [0.05, 0.1) is 6.54 Å². The second kappa shape index (κ2) is 5.58. The molecule has 1 N–H and O–H groups in total. The number of halogens is 1. The highest BCUT2D eigenvalue weighted by atomic mass is 127. The number of allylic oxidation sites excluding steroid dienone is 4. The van der Waals surface area contributed by atoms with Crippen LogP contribution in [-0.4, -0.2) is 4.57 Å². The van der Waals surface area contributed by atoms with E-state index in [4.69, 9.17) is 0 Å². The van der Waals surface area contributed by atoms with Crippen LogP contribution in [0.1, 0.15) is 19.0 Å². The summed E-state index contributed by atoms with van der Waals surface area (Å²) in [5, 5.41) is 3.46. The molecule has 1 aromatic rings. The third-order valence-electron chi connectivity index (χ3n) is 3.03. The van der Waals surface area contributed by atoms with Gasteiger partial charge in [0.1, 0.15) is 0 Å². The molecule has 90 valence electrons. The number of aromatic nitrogens is 1. The van der Waals surface area contributed by atoms with E-state index in [-0.39, 0.29) is 0 Å². The number of nitrogens with zero attached hydrogens (tertiary/aromatic N) is 1. The average Bonchev–Trinajstić information content (AvgIpc) is 2.70. The third kappa shape index (κ3) is 2.83. The SMILES string of the molecule is C=CC1=C(C/C(I)=C\C)Cn2cccc2CN1. The minimum Gasteiger partial charge on any atom is -0.379 e. The second-order valence-corrected chi connectivity index (χ2v) is 5.50. The van der Waals surface area contributed by atoms with Gasteiger partial charge in [-0.25, -0.2) is 0 Å². The molecule has 0 aromatic carbocycles. The van der Waals surface area contributed by atoms with Gasteiger partial charge in [0.25, 0.3) is 0 Å². The van der Waals surface area contributed by atoms with Gasteiger partial charge in [-0.15, -0.1) is 0 Å². The lowest BCUT2D eigenvalue weighted by Crippen LogP contribution is -2.11. The molecule has 1 aliphatic heterocycles. The largest absolute Gasteiger partial charge is 0.379 e. The summed E-state index contributed by atoms with van der Waals surface area (Å²) in [5.41, 5.74) is 3.91. The van der Waals surface area contributed by atoms with E-state index >= 15 is 0 Å². The minimum atomic E-state index is 0.879. The Morgan fingerprint density at radius 2 is 2.47 bits per heavy atom. The highest BCUT2D eigenvalue weighted by molar-refractivity contribution is 14.1. The molecule has 0 aliphatic carbocycles. The van der Waals surface area contributed by atoms with Crippen molar-refractivity contribution in [2.75, 3.05) is 0 Å². The first kappa shape index (κ1) is 12.5. The summed E-state index contributed by atoms with van der Waals surface area (Å²) < 4.78 is 3.67. The lowest BCUT2D eigenvalue weighted by atomic mass is 10.1. The van der Waals surface area contributed by atoms with Crippen molar-refractivity contribution in [2.24, 2.45) is 0 Å². The smallest absolute Gasteiger partial charge is 0.0553 e. The molecule has 0 spiro atoms. The summed E-state index contributed by atoms with van der Waals surface area (Å²) in [6, 6.07) is 4.27. The second-order valence-electron chi connectivity index (χ2n) is 4.11. The van der Waals surface area contributed by atoms with Crippen molar-refractivity contribution in [3.8, 4) is 0 Å². The molecule has 3 heteroatoms. The fraction of sp³-hybridized carbons (Fsp3) is 0.286. The van der Waals surface area contributed by atoms with E-state index in [1.54, 1.807) is 0 Å². The molecule has 0 atom stereocenters.